The van der Waals surface area contributed by atoms with Crippen molar-refractivity contribution in [3.8, 4) is 0 Å². The minimum atomic E-state index is -0.103. The molecule has 0 saturated carbocycles. The van der Waals surface area contributed by atoms with Gasteiger partial charge in [0.2, 0.25) is 5.78 Å². The molecule has 1 heterocycles. The molecule has 0 fully saturated rings. The van der Waals surface area contributed by atoms with Crippen molar-refractivity contribution in [2.45, 2.75) is 11.9 Å². The molecule has 76 valence electrons. The SMILES string of the molecule is Cc1ccccc1C(=O)c1ncc(S)[nH]1. The van der Waals surface area contributed by atoms with Crippen LogP contribution in [0.3, 0.4) is 0 Å². The zero-order valence-corrected chi connectivity index (χ0v) is 9.08. The second kappa shape index (κ2) is 3.90. The van der Waals surface area contributed by atoms with Crippen LogP contribution in [0.5, 0.6) is 0 Å². The fourth-order valence-corrected chi connectivity index (χ4v) is 1.55. The molecule has 0 saturated heterocycles. The Kier molecular flexibility index (Phi) is 2.60. The van der Waals surface area contributed by atoms with E-state index in [4.69, 9.17) is 0 Å². The van der Waals surface area contributed by atoms with Crippen LogP contribution in [0.15, 0.2) is 35.5 Å². The lowest BCUT2D eigenvalue weighted by Gasteiger charge is -2.01. The second-order valence-electron chi connectivity index (χ2n) is 3.26. The number of benzene rings is 1. The van der Waals surface area contributed by atoms with Crippen LogP contribution in [0.2, 0.25) is 0 Å². The van der Waals surface area contributed by atoms with Crippen molar-refractivity contribution in [2.75, 3.05) is 0 Å². The standard InChI is InChI=1S/C11H10N2OS/c1-7-4-2-3-5-8(7)10(14)11-12-6-9(15)13-11/h2-6,15H,1H3,(H,12,13). The second-order valence-corrected chi connectivity index (χ2v) is 3.74. The third kappa shape index (κ3) is 1.94. The summed E-state index contributed by atoms with van der Waals surface area (Å²) in [5.41, 5.74) is 1.61. The summed E-state index contributed by atoms with van der Waals surface area (Å²) in [5.74, 6) is 0.225. The summed E-state index contributed by atoms with van der Waals surface area (Å²) >= 11 is 4.07. The normalized spacial score (nSPS) is 10.3. The number of hydrogen-bond acceptors (Lipinski definition) is 3. The molecule has 0 bridgehead atoms. The summed E-state index contributed by atoms with van der Waals surface area (Å²) in [6.45, 7) is 1.90. The fraction of sp³-hybridized carbons (Fsp3) is 0.0909. The Morgan fingerprint density at radius 3 is 2.73 bits per heavy atom. The van der Waals surface area contributed by atoms with Crippen molar-refractivity contribution in [1.29, 1.82) is 0 Å². The van der Waals surface area contributed by atoms with Crippen LogP contribution in [0, 0.1) is 6.92 Å². The van der Waals surface area contributed by atoms with E-state index in [1.54, 1.807) is 6.07 Å². The Bertz CT molecular complexity index is 505. The number of hydrogen-bond donors (Lipinski definition) is 2. The van der Waals surface area contributed by atoms with Crippen LogP contribution < -0.4 is 0 Å². The molecule has 3 nitrogen and oxygen atoms in total. The number of thiol groups is 1. The molecule has 0 spiro atoms. The molecule has 15 heavy (non-hydrogen) atoms. The molecule has 0 radical (unpaired) electrons. The van der Waals surface area contributed by atoms with Crippen molar-refractivity contribution < 1.29 is 4.79 Å². The largest absolute Gasteiger partial charge is 0.331 e. The molecule has 1 N–H and O–H groups in total. The van der Waals surface area contributed by atoms with E-state index in [2.05, 4.69) is 22.6 Å². The Balaban J connectivity index is 2.41. The van der Waals surface area contributed by atoms with Crippen LogP contribution >= 0.6 is 12.6 Å². The summed E-state index contributed by atoms with van der Waals surface area (Å²) in [6.07, 6.45) is 1.52. The van der Waals surface area contributed by atoms with E-state index in [1.165, 1.54) is 6.20 Å². The van der Waals surface area contributed by atoms with Crippen LogP contribution in [0.4, 0.5) is 0 Å². The number of H-pyrrole nitrogens is 1. The van der Waals surface area contributed by atoms with Crippen LogP contribution in [0.1, 0.15) is 21.7 Å². The number of carbonyl (C=O) groups excluding carboxylic acids is 1. The van der Waals surface area contributed by atoms with E-state index < -0.39 is 0 Å². The van der Waals surface area contributed by atoms with Crippen molar-refractivity contribution >= 4 is 18.4 Å². The van der Waals surface area contributed by atoms with Gasteiger partial charge in [0.1, 0.15) is 0 Å². The number of carbonyl (C=O) groups is 1. The monoisotopic (exact) mass is 218 g/mol. The molecule has 2 rings (SSSR count). The number of aromatic nitrogens is 2. The van der Waals surface area contributed by atoms with Gasteiger partial charge in [0.15, 0.2) is 5.82 Å². The number of nitrogens with one attached hydrogen (secondary N) is 1. The highest BCUT2D eigenvalue weighted by Gasteiger charge is 2.13. The first kappa shape index (κ1) is 9.98. The number of nitrogens with zero attached hydrogens (tertiary/aromatic N) is 1. The molecule has 0 aliphatic heterocycles. The molecular formula is C11H10N2OS. The van der Waals surface area contributed by atoms with Gasteiger partial charge in [-0.25, -0.2) is 4.98 Å². The maximum Gasteiger partial charge on any atom is 0.228 e. The van der Waals surface area contributed by atoms with Gasteiger partial charge >= 0.3 is 0 Å². The molecule has 0 aliphatic carbocycles. The van der Waals surface area contributed by atoms with Gasteiger partial charge < -0.3 is 4.98 Å². The molecule has 0 aliphatic rings. The first-order valence-electron chi connectivity index (χ1n) is 4.53. The molecule has 1 aromatic heterocycles. The van der Waals surface area contributed by atoms with Gasteiger partial charge in [-0.15, -0.1) is 12.6 Å². The van der Waals surface area contributed by atoms with Crippen LogP contribution in [0.25, 0.3) is 0 Å². The Morgan fingerprint density at radius 2 is 2.13 bits per heavy atom. The lowest BCUT2D eigenvalue weighted by atomic mass is 10.0. The van der Waals surface area contributed by atoms with Crippen LogP contribution in [-0.2, 0) is 0 Å². The number of ketones is 1. The molecule has 0 unspecified atom stereocenters. The maximum atomic E-state index is 12.0. The van der Waals surface area contributed by atoms with Gasteiger partial charge in [0, 0.05) is 5.56 Å². The Hall–Kier alpha value is -1.55. The molecule has 2 aromatic rings. The van der Waals surface area contributed by atoms with Crippen molar-refractivity contribution in [3.63, 3.8) is 0 Å². The van der Waals surface area contributed by atoms with Gasteiger partial charge in [0.05, 0.1) is 11.2 Å². The highest BCUT2D eigenvalue weighted by atomic mass is 32.1. The van der Waals surface area contributed by atoms with Gasteiger partial charge in [-0.1, -0.05) is 24.3 Å². The van der Waals surface area contributed by atoms with Crippen molar-refractivity contribution in [2.24, 2.45) is 0 Å². The zero-order chi connectivity index (χ0) is 10.8. The minimum absolute atomic E-state index is 0.103. The molecule has 0 atom stereocenters. The third-order valence-electron chi connectivity index (χ3n) is 2.17. The van der Waals surface area contributed by atoms with Gasteiger partial charge in [-0.05, 0) is 12.5 Å². The van der Waals surface area contributed by atoms with E-state index in [9.17, 15) is 4.79 Å². The van der Waals surface area contributed by atoms with E-state index in [0.29, 0.717) is 16.4 Å². The van der Waals surface area contributed by atoms with Crippen LogP contribution in [-0.4, -0.2) is 15.8 Å². The number of imidazole rings is 1. The lowest BCUT2D eigenvalue weighted by molar-refractivity contribution is 0.102. The van der Waals surface area contributed by atoms with E-state index in [0.717, 1.165) is 5.56 Å². The topological polar surface area (TPSA) is 45.8 Å². The first-order valence-corrected chi connectivity index (χ1v) is 4.97. The van der Waals surface area contributed by atoms with E-state index in [-0.39, 0.29) is 5.78 Å². The molecule has 0 amide bonds. The Labute approximate surface area is 93.0 Å². The van der Waals surface area contributed by atoms with Gasteiger partial charge in [-0.3, -0.25) is 4.79 Å². The summed E-state index contributed by atoms with van der Waals surface area (Å²) in [7, 11) is 0. The summed E-state index contributed by atoms with van der Waals surface area (Å²) in [6, 6.07) is 7.43. The lowest BCUT2D eigenvalue weighted by Crippen LogP contribution is -2.05. The van der Waals surface area contributed by atoms with E-state index in [1.807, 2.05) is 25.1 Å². The van der Waals surface area contributed by atoms with Gasteiger partial charge in [-0.2, -0.15) is 0 Å². The summed E-state index contributed by atoms with van der Waals surface area (Å²) in [4.78, 5) is 18.7. The average molecular weight is 218 g/mol. The molecule has 4 heteroatoms. The van der Waals surface area contributed by atoms with Gasteiger partial charge in [0.25, 0.3) is 0 Å². The summed E-state index contributed by atoms with van der Waals surface area (Å²) in [5, 5.41) is 0.590. The smallest absolute Gasteiger partial charge is 0.228 e. The van der Waals surface area contributed by atoms with Crippen molar-refractivity contribution in [1.82, 2.24) is 9.97 Å². The maximum absolute atomic E-state index is 12.0. The molecular weight excluding hydrogens is 208 g/mol. The number of aromatic amines is 1. The highest BCUT2D eigenvalue weighted by Crippen LogP contribution is 2.12. The molecule has 1 aromatic carbocycles. The third-order valence-corrected chi connectivity index (χ3v) is 2.39. The number of rotatable bonds is 2. The van der Waals surface area contributed by atoms with Crippen molar-refractivity contribution in [3.05, 3.63) is 47.4 Å². The Morgan fingerprint density at radius 1 is 1.40 bits per heavy atom. The predicted molar refractivity (Wildman–Crippen MR) is 60.5 cm³/mol. The quantitative estimate of drug-likeness (QED) is 0.600. The highest BCUT2D eigenvalue weighted by molar-refractivity contribution is 7.80. The summed E-state index contributed by atoms with van der Waals surface area (Å²) < 4.78 is 0. The first-order chi connectivity index (χ1) is 7.18. The zero-order valence-electron chi connectivity index (χ0n) is 8.19. The fourth-order valence-electron chi connectivity index (χ4n) is 1.38. The number of aryl methyl sites for hydroxylation is 1. The average Bonchev–Trinajstić information content (AvgIpc) is 2.65. The minimum Gasteiger partial charge on any atom is -0.331 e. The predicted octanol–water partition coefficient (Wildman–Crippen LogP) is 2.24. The van der Waals surface area contributed by atoms with E-state index >= 15 is 0 Å².